The van der Waals surface area contributed by atoms with E-state index in [9.17, 15) is 14.4 Å². The van der Waals surface area contributed by atoms with Crippen molar-refractivity contribution in [2.45, 2.75) is 51.7 Å². The zero-order valence-electron chi connectivity index (χ0n) is 19.5. The Morgan fingerprint density at radius 1 is 1.09 bits per heavy atom. The Hall–Kier alpha value is -3.81. The summed E-state index contributed by atoms with van der Waals surface area (Å²) >= 11 is 0. The quantitative estimate of drug-likeness (QED) is 0.305. The van der Waals surface area contributed by atoms with Gasteiger partial charge in [-0.3, -0.25) is 9.59 Å². The van der Waals surface area contributed by atoms with E-state index in [4.69, 9.17) is 23.4 Å². The van der Waals surface area contributed by atoms with E-state index in [1.54, 1.807) is 30.3 Å². The van der Waals surface area contributed by atoms with Crippen LogP contribution in [0.15, 0.2) is 51.7 Å². The summed E-state index contributed by atoms with van der Waals surface area (Å²) in [6.45, 7) is 5.04. The predicted octanol–water partition coefficient (Wildman–Crippen LogP) is 3.99. The first-order chi connectivity index (χ1) is 16.1. The highest BCUT2D eigenvalue weighted by Gasteiger charge is 2.40. The van der Waals surface area contributed by atoms with Crippen molar-refractivity contribution in [3.8, 4) is 17.2 Å². The average molecular weight is 466 g/mol. The molecule has 1 unspecified atom stereocenters. The van der Waals surface area contributed by atoms with Crippen LogP contribution in [0.3, 0.4) is 0 Å². The number of esters is 2. The molecule has 0 amide bonds. The molecule has 0 aliphatic carbocycles. The van der Waals surface area contributed by atoms with Crippen molar-refractivity contribution in [3.63, 3.8) is 0 Å². The third-order valence-electron chi connectivity index (χ3n) is 5.73. The molecular weight excluding hydrogens is 440 g/mol. The number of ether oxygens (including phenoxy) is 4. The molecule has 178 valence electrons. The van der Waals surface area contributed by atoms with E-state index in [1.807, 2.05) is 19.9 Å². The van der Waals surface area contributed by atoms with Gasteiger partial charge in [-0.2, -0.15) is 0 Å². The van der Waals surface area contributed by atoms with Gasteiger partial charge in [0.25, 0.3) is 0 Å². The van der Waals surface area contributed by atoms with Gasteiger partial charge in [-0.05, 0) is 55.7 Å². The Labute approximate surface area is 196 Å². The lowest BCUT2D eigenvalue weighted by Crippen LogP contribution is -2.48. The summed E-state index contributed by atoms with van der Waals surface area (Å²) in [4.78, 5) is 35.4. The maximum Gasteiger partial charge on any atom is 0.336 e. The van der Waals surface area contributed by atoms with Gasteiger partial charge in [0.05, 0.1) is 7.11 Å². The van der Waals surface area contributed by atoms with Crippen LogP contribution in [0.4, 0.5) is 0 Å². The minimum Gasteiger partial charge on any atom is -0.493 e. The zero-order valence-corrected chi connectivity index (χ0v) is 19.5. The van der Waals surface area contributed by atoms with E-state index >= 15 is 0 Å². The van der Waals surface area contributed by atoms with Crippen molar-refractivity contribution in [1.82, 2.24) is 0 Å². The molecule has 0 bridgehead atoms. The van der Waals surface area contributed by atoms with Crippen LogP contribution in [-0.2, 0) is 27.2 Å². The Bertz CT molecular complexity index is 1300. The topological polar surface area (TPSA) is 101 Å². The first-order valence-electron chi connectivity index (χ1n) is 11.0. The molecule has 8 nitrogen and oxygen atoms in total. The summed E-state index contributed by atoms with van der Waals surface area (Å²) < 4.78 is 27.6. The van der Waals surface area contributed by atoms with Gasteiger partial charge in [-0.25, -0.2) is 4.79 Å². The van der Waals surface area contributed by atoms with Gasteiger partial charge in [-0.1, -0.05) is 6.07 Å². The molecule has 34 heavy (non-hydrogen) atoms. The first-order valence-corrected chi connectivity index (χ1v) is 11.0. The third-order valence-corrected chi connectivity index (χ3v) is 5.73. The highest BCUT2D eigenvalue weighted by atomic mass is 16.6. The highest BCUT2D eigenvalue weighted by Crippen LogP contribution is 2.37. The van der Waals surface area contributed by atoms with E-state index in [2.05, 4.69) is 0 Å². The predicted molar refractivity (Wildman–Crippen MR) is 123 cm³/mol. The smallest absolute Gasteiger partial charge is 0.336 e. The molecule has 1 aliphatic rings. The molecule has 0 saturated heterocycles. The third kappa shape index (κ3) is 5.06. The molecule has 3 aromatic rings. The Kier molecular flexibility index (Phi) is 6.32. The zero-order chi connectivity index (χ0) is 24.5. The number of methoxy groups -OCH3 is 1. The minimum atomic E-state index is -0.764. The standard InChI is InChI=1S/C26H26O8/c1-15(27)31-19-8-5-16(11-22(19)30-4)6-9-25(29)33-23-13-18-12-17-7-10-24(28)32-20(17)14-21(18)34-26(23,2)3/h5,7-8,10-12,14,23H,6,9,13H2,1-4H3. The summed E-state index contributed by atoms with van der Waals surface area (Å²) in [5.74, 6) is 0.570. The summed E-state index contributed by atoms with van der Waals surface area (Å²) in [5, 5.41) is 0.776. The number of aryl methyl sites for hydroxylation is 1. The summed E-state index contributed by atoms with van der Waals surface area (Å²) in [7, 11) is 1.49. The second-order valence-corrected chi connectivity index (χ2v) is 8.72. The van der Waals surface area contributed by atoms with Crippen LogP contribution in [0.1, 0.15) is 38.3 Å². The first kappa shape index (κ1) is 23.4. The lowest BCUT2D eigenvalue weighted by molar-refractivity contribution is -0.161. The van der Waals surface area contributed by atoms with Crippen LogP contribution in [0.5, 0.6) is 17.2 Å². The normalized spacial score (nSPS) is 16.3. The molecule has 1 atom stereocenters. The molecule has 8 heteroatoms. The fourth-order valence-electron chi connectivity index (χ4n) is 3.95. The largest absolute Gasteiger partial charge is 0.493 e. The van der Waals surface area contributed by atoms with Crippen molar-refractivity contribution >= 4 is 22.9 Å². The van der Waals surface area contributed by atoms with Crippen molar-refractivity contribution < 1.29 is 33.0 Å². The maximum atomic E-state index is 12.7. The van der Waals surface area contributed by atoms with E-state index in [0.717, 1.165) is 16.5 Å². The van der Waals surface area contributed by atoms with E-state index < -0.39 is 23.3 Å². The monoisotopic (exact) mass is 466 g/mol. The Morgan fingerprint density at radius 3 is 2.62 bits per heavy atom. The fourth-order valence-corrected chi connectivity index (χ4v) is 3.95. The fraction of sp³-hybridized carbons (Fsp3) is 0.346. The van der Waals surface area contributed by atoms with Gasteiger partial charge in [0, 0.05) is 37.3 Å². The van der Waals surface area contributed by atoms with Gasteiger partial charge in [-0.15, -0.1) is 0 Å². The number of hydrogen-bond acceptors (Lipinski definition) is 8. The molecule has 0 saturated carbocycles. The molecule has 0 radical (unpaired) electrons. The molecule has 0 spiro atoms. The molecule has 1 aromatic heterocycles. The summed E-state index contributed by atoms with van der Waals surface area (Å²) in [6, 6.07) is 11.8. The van der Waals surface area contributed by atoms with Gasteiger partial charge in [0.1, 0.15) is 23.0 Å². The van der Waals surface area contributed by atoms with Gasteiger partial charge < -0.3 is 23.4 Å². The number of rotatable bonds is 6. The van der Waals surface area contributed by atoms with Crippen LogP contribution in [0, 0.1) is 0 Å². The number of hydrogen-bond donors (Lipinski definition) is 0. The Morgan fingerprint density at radius 2 is 1.88 bits per heavy atom. The lowest BCUT2D eigenvalue weighted by atomic mass is 9.90. The van der Waals surface area contributed by atoms with Crippen LogP contribution < -0.4 is 19.8 Å². The number of fused-ring (bicyclic) bond motifs is 2. The molecule has 2 aromatic carbocycles. The molecule has 0 N–H and O–H groups in total. The van der Waals surface area contributed by atoms with Crippen LogP contribution in [-0.4, -0.2) is 30.8 Å². The van der Waals surface area contributed by atoms with Crippen LogP contribution in [0.25, 0.3) is 11.0 Å². The van der Waals surface area contributed by atoms with Gasteiger partial charge in [0.15, 0.2) is 11.5 Å². The van der Waals surface area contributed by atoms with Crippen molar-refractivity contribution in [3.05, 3.63) is 64.0 Å². The summed E-state index contributed by atoms with van der Waals surface area (Å²) in [5.41, 5.74) is 0.993. The van der Waals surface area contributed by atoms with E-state index in [0.29, 0.717) is 35.7 Å². The molecule has 1 aliphatic heterocycles. The number of carbonyl (C=O) groups excluding carboxylic acids is 2. The maximum absolute atomic E-state index is 12.7. The molecular formula is C26H26O8. The highest BCUT2D eigenvalue weighted by molar-refractivity contribution is 5.79. The van der Waals surface area contributed by atoms with Crippen molar-refractivity contribution in [2.24, 2.45) is 0 Å². The minimum absolute atomic E-state index is 0.165. The van der Waals surface area contributed by atoms with Crippen molar-refractivity contribution in [2.75, 3.05) is 7.11 Å². The number of carbonyl (C=O) groups is 2. The van der Waals surface area contributed by atoms with Crippen LogP contribution in [0.2, 0.25) is 0 Å². The molecule has 0 fully saturated rings. The Balaban J connectivity index is 1.43. The van der Waals surface area contributed by atoms with Crippen LogP contribution >= 0.6 is 0 Å². The van der Waals surface area contributed by atoms with Gasteiger partial charge in [0.2, 0.25) is 0 Å². The van der Waals surface area contributed by atoms with Gasteiger partial charge >= 0.3 is 17.6 Å². The van der Waals surface area contributed by atoms with E-state index in [-0.39, 0.29) is 12.4 Å². The van der Waals surface area contributed by atoms with Crippen molar-refractivity contribution in [1.29, 1.82) is 0 Å². The van der Waals surface area contributed by atoms with E-state index in [1.165, 1.54) is 20.1 Å². The second-order valence-electron chi connectivity index (χ2n) is 8.72. The average Bonchev–Trinajstić information content (AvgIpc) is 2.77. The second kappa shape index (κ2) is 9.21. The lowest BCUT2D eigenvalue weighted by Gasteiger charge is -2.39. The SMILES string of the molecule is COc1cc(CCC(=O)OC2Cc3cc4ccc(=O)oc4cc3OC2(C)C)ccc1OC(C)=O. The number of benzene rings is 2. The molecule has 4 rings (SSSR count). The molecule has 2 heterocycles. The summed E-state index contributed by atoms with van der Waals surface area (Å²) in [6.07, 6.45) is 0.595.